The normalized spacial score (nSPS) is 15.2. The van der Waals surface area contributed by atoms with Gasteiger partial charge in [0.15, 0.2) is 11.6 Å². The fourth-order valence-corrected chi connectivity index (χ4v) is 2.69. The average molecular weight is 349 g/mol. The minimum atomic E-state index is 0.486. The first kappa shape index (κ1) is 16.8. The molecule has 0 saturated carbocycles. The number of nitrogens with two attached hydrogens (primary N) is 1. The number of benzene rings is 1. The third-order valence-corrected chi connectivity index (χ3v) is 4.03. The van der Waals surface area contributed by atoms with Gasteiger partial charge in [0.05, 0.1) is 13.2 Å². The molecule has 128 valence electrons. The summed E-state index contributed by atoms with van der Waals surface area (Å²) in [6.07, 6.45) is 1.49. The Kier molecular flexibility index (Phi) is 5.68. The van der Waals surface area contributed by atoms with Crippen LogP contribution in [0, 0.1) is 0 Å². The standard InChI is InChI=1S/C16H21ClN6O/c17-12-2-1-3-13(10-12)22-16-14(18)15(20-11-21-16)19-4-5-23-6-8-24-9-7-23/h1-3,10-11H,4-9,18H2,(H2,19,20,21,22). The zero-order valence-corrected chi connectivity index (χ0v) is 14.1. The van der Waals surface area contributed by atoms with Gasteiger partial charge in [0.25, 0.3) is 0 Å². The molecule has 0 aliphatic carbocycles. The maximum absolute atomic E-state index is 6.17. The van der Waals surface area contributed by atoms with Gasteiger partial charge in [0.1, 0.15) is 12.0 Å². The third-order valence-electron chi connectivity index (χ3n) is 3.80. The van der Waals surface area contributed by atoms with Crippen LogP contribution < -0.4 is 16.4 Å². The maximum atomic E-state index is 6.17. The van der Waals surface area contributed by atoms with E-state index in [4.69, 9.17) is 22.1 Å². The van der Waals surface area contributed by atoms with Gasteiger partial charge < -0.3 is 21.1 Å². The molecule has 3 rings (SSSR count). The number of rotatable bonds is 6. The number of nitrogens with one attached hydrogen (secondary N) is 2. The van der Waals surface area contributed by atoms with E-state index in [0.29, 0.717) is 22.3 Å². The molecule has 4 N–H and O–H groups in total. The molecule has 0 bridgehead atoms. The predicted octanol–water partition coefficient (Wildman–Crippen LogP) is 2.20. The van der Waals surface area contributed by atoms with Crippen molar-refractivity contribution >= 4 is 34.6 Å². The Balaban J connectivity index is 1.60. The first-order valence-electron chi connectivity index (χ1n) is 7.89. The molecule has 1 aliphatic rings. The van der Waals surface area contributed by atoms with Crippen molar-refractivity contribution in [2.45, 2.75) is 0 Å². The van der Waals surface area contributed by atoms with Gasteiger partial charge in [0.2, 0.25) is 0 Å². The number of anilines is 4. The van der Waals surface area contributed by atoms with Crippen LogP contribution in [0.2, 0.25) is 5.02 Å². The number of nitrogen functional groups attached to an aromatic ring is 1. The highest BCUT2D eigenvalue weighted by Gasteiger charge is 2.11. The van der Waals surface area contributed by atoms with Crippen LogP contribution in [-0.2, 0) is 4.74 Å². The summed E-state index contributed by atoms with van der Waals surface area (Å²) in [5.41, 5.74) is 7.48. The molecule has 1 aromatic heterocycles. The molecule has 1 aromatic carbocycles. The lowest BCUT2D eigenvalue weighted by molar-refractivity contribution is 0.0398. The van der Waals surface area contributed by atoms with Crippen molar-refractivity contribution in [3.05, 3.63) is 35.6 Å². The molecule has 7 nitrogen and oxygen atoms in total. The molecule has 0 atom stereocenters. The highest BCUT2D eigenvalue weighted by molar-refractivity contribution is 6.30. The van der Waals surface area contributed by atoms with Crippen LogP contribution in [0.3, 0.4) is 0 Å². The van der Waals surface area contributed by atoms with Crippen molar-refractivity contribution < 1.29 is 4.74 Å². The molecule has 8 heteroatoms. The Morgan fingerprint density at radius 1 is 1.21 bits per heavy atom. The topological polar surface area (TPSA) is 88.3 Å². The summed E-state index contributed by atoms with van der Waals surface area (Å²) in [7, 11) is 0. The smallest absolute Gasteiger partial charge is 0.159 e. The van der Waals surface area contributed by atoms with Crippen LogP contribution in [0.4, 0.5) is 23.0 Å². The minimum Gasteiger partial charge on any atom is -0.393 e. The molecule has 0 unspecified atom stereocenters. The largest absolute Gasteiger partial charge is 0.393 e. The zero-order chi connectivity index (χ0) is 16.8. The lowest BCUT2D eigenvalue weighted by Crippen LogP contribution is -2.39. The number of ether oxygens (including phenoxy) is 1. The summed E-state index contributed by atoms with van der Waals surface area (Å²) in [5.74, 6) is 1.18. The third kappa shape index (κ3) is 4.47. The van der Waals surface area contributed by atoms with Crippen LogP contribution in [0.1, 0.15) is 0 Å². The van der Waals surface area contributed by atoms with Gasteiger partial charge in [-0.15, -0.1) is 0 Å². The molecular weight excluding hydrogens is 328 g/mol. The van der Waals surface area contributed by atoms with E-state index in [-0.39, 0.29) is 0 Å². The van der Waals surface area contributed by atoms with E-state index in [9.17, 15) is 0 Å². The first-order chi connectivity index (χ1) is 11.7. The predicted molar refractivity (Wildman–Crippen MR) is 96.9 cm³/mol. The molecule has 2 heterocycles. The van der Waals surface area contributed by atoms with Crippen molar-refractivity contribution in [3.63, 3.8) is 0 Å². The van der Waals surface area contributed by atoms with Crippen molar-refractivity contribution in [2.24, 2.45) is 0 Å². The Morgan fingerprint density at radius 2 is 2.00 bits per heavy atom. The molecule has 0 amide bonds. The van der Waals surface area contributed by atoms with Gasteiger partial charge in [-0.05, 0) is 18.2 Å². The van der Waals surface area contributed by atoms with Crippen LogP contribution in [-0.4, -0.2) is 54.3 Å². The van der Waals surface area contributed by atoms with Crippen molar-refractivity contribution in [1.29, 1.82) is 0 Å². The van der Waals surface area contributed by atoms with Crippen LogP contribution in [0.15, 0.2) is 30.6 Å². The fraction of sp³-hybridized carbons (Fsp3) is 0.375. The number of morpholine rings is 1. The summed E-state index contributed by atoms with van der Waals surface area (Å²) >= 11 is 5.99. The van der Waals surface area contributed by atoms with Gasteiger partial charge in [-0.1, -0.05) is 17.7 Å². The summed E-state index contributed by atoms with van der Waals surface area (Å²) in [6, 6.07) is 7.39. The van der Waals surface area contributed by atoms with Gasteiger partial charge in [-0.2, -0.15) is 0 Å². The van der Waals surface area contributed by atoms with Crippen molar-refractivity contribution in [1.82, 2.24) is 14.9 Å². The number of aromatic nitrogens is 2. The van der Waals surface area contributed by atoms with Gasteiger partial charge in [-0.25, -0.2) is 9.97 Å². The summed E-state index contributed by atoms with van der Waals surface area (Å²) in [6.45, 7) is 5.19. The number of hydrogen-bond donors (Lipinski definition) is 3. The van der Waals surface area contributed by atoms with Gasteiger partial charge >= 0.3 is 0 Å². The SMILES string of the molecule is Nc1c(NCCN2CCOCC2)ncnc1Nc1cccc(Cl)c1. The van der Waals surface area contributed by atoms with Crippen LogP contribution >= 0.6 is 11.6 Å². The lowest BCUT2D eigenvalue weighted by Gasteiger charge is -2.26. The minimum absolute atomic E-state index is 0.486. The molecule has 24 heavy (non-hydrogen) atoms. The van der Waals surface area contributed by atoms with E-state index in [1.165, 1.54) is 6.33 Å². The van der Waals surface area contributed by atoms with Gasteiger partial charge in [-0.3, -0.25) is 4.90 Å². The quantitative estimate of drug-likeness (QED) is 0.737. The van der Waals surface area contributed by atoms with E-state index in [1.807, 2.05) is 24.3 Å². The Hall–Kier alpha value is -2.09. The second-order valence-electron chi connectivity index (χ2n) is 5.50. The van der Waals surface area contributed by atoms with Crippen molar-refractivity contribution in [3.8, 4) is 0 Å². The van der Waals surface area contributed by atoms with Gasteiger partial charge in [0, 0.05) is 36.9 Å². The van der Waals surface area contributed by atoms with E-state index in [0.717, 1.165) is 45.1 Å². The fourth-order valence-electron chi connectivity index (χ4n) is 2.50. The summed E-state index contributed by atoms with van der Waals surface area (Å²) in [4.78, 5) is 10.8. The molecular formula is C16H21ClN6O. The molecule has 1 aliphatic heterocycles. The maximum Gasteiger partial charge on any atom is 0.159 e. The van der Waals surface area contributed by atoms with Crippen LogP contribution in [0.25, 0.3) is 0 Å². The molecule has 1 saturated heterocycles. The number of hydrogen-bond acceptors (Lipinski definition) is 7. The second kappa shape index (κ2) is 8.14. The van der Waals surface area contributed by atoms with E-state index in [2.05, 4.69) is 25.5 Å². The second-order valence-corrected chi connectivity index (χ2v) is 5.94. The Bertz CT molecular complexity index is 677. The monoisotopic (exact) mass is 348 g/mol. The number of nitrogens with zero attached hydrogens (tertiary/aromatic N) is 3. The first-order valence-corrected chi connectivity index (χ1v) is 8.27. The molecule has 1 fully saturated rings. The van der Waals surface area contributed by atoms with E-state index < -0.39 is 0 Å². The molecule has 2 aromatic rings. The molecule has 0 spiro atoms. The highest BCUT2D eigenvalue weighted by Crippen LogP contribution is 2.26. The van der Waals surface area contributed by atoms with E-state index >= 15 is 0 Å². The number of halogens is 1. The average Bonchev–Trinajstić information content (AvgIpc) is 2.59. The highest BCUT2D eigenvalue weighted by atomic mass is 35.5. The Labute approximate surface area is 146 Å². The zero-order valence-electron chi connectivity index (χ0n) is 13.3. The summed E-state index contributed by atoms with van der Waals surface area (Å²) in [5, 5.41) is 7.09. The van der Waals surface area contributed by atoms with Crippen LogP contribution in [0.5, 0.6) is 0 Å². The summed E-state index contributed by atoms with van der Waals surface area (Å²) < 4.78 is 5.34. The van der Waals surface area contributed by atoms with Crippen molar-refractivity contribution in [2.75, 3.05) is 55.8 Å². The lowest BCUT2D eigenvalue weighted by atomic mass is 10.3. The molecule has 0 radical (unpaired) electrons. The van der Waals surface area contributed by atoms with E-state index in [1.54, 1.807) is 0 Å². The Morgan fingerprint density at radius 3 is 2.79 bits per heavy atom.